The minimum atomic E-state index is 0. The van der Waals surface area contributed by atoms with Crippen molar-refractivity contribution in [2.45, 2.75) is 0 Å². The fourth-order valence-electron chi connectivity index (χ4n) is 0. The Morgan fingerprint density at radius 1 is 0.571 bits per heavy atom. The van der Waals surface area contributed by atoms with Crippen LogP contribution in [0.25, 0.3) is 0 Å². The second-order valence-electron chi connectivity index (χ2n) is 0. The predicted octanol–water partition coefficient (Wildman–Crippen LogP) is -3.31. The predicted molar refractivity (Wildman–Crippen MR) is 14.5 cm³/mol. The summed E-state index contributed by atoms with van der Waals surface area (Å²) in [4.78, 5) is 0. The van der Waals surface area contributed by atoms with E-state index < -0.39 is 0 Å². The molecule has 0 fully saturated rings. The summed E-state index contributed by atoms with van der Waals surface area (Å²) in [7, 11) is 0. The van der Waals surface area contributed by atoms with Crippen LogP contribution in [0.5, 0.6) is 0 Å². The first-order valence-electron chi connectivity index (χ1n) is 0. The molecule has 0 aliphatic carbocycles. The van der Waals surface area contributed by atoms with E-state index in [1.165, 1.54) is 0 Å². The first kappa shape index (κ1) is 207. The molecule has 0 atom stereocenters. The molecule has 0 aliphatic rings. The second kappa shape index (κ2) is 137. The van der Waals surface area contributed by atoms with E-state index >= 15 is 0 Å². The van der Waals surface area contributed by atoms with Gasteiger partial charge in [0.15, 0.2) is 0 Å². The van der Waals surface area contributed by atoms with E-state index in [-0.39, 0.29) is 76.2 Å². The van der Waals surface area contributed by atoms with Crippen LogP contribution in [0.15, 0.2) is 0 Å². The molecule has 7 heteroatoms. The van der Waals surface area contributed by atoms with Crippen molar-refractivity contribution >= 4 is 0 Å². The molecule has 0 saturated carbocycles. The molecule has 7 heavy (non-hydrogen) atoms. The van der Waals surface area contributed by atoms with Gasteiger partial charge in [-0.3, -0.25) is 0 Å². The van der Waals surface area contributed by atoms with Gasteiger partial charge in [-0.2, -0.15) is 0 Å². The molecule has 4 nitrogen and oxygen atoms in total. The van der Waals surface area contributed by atoms with E-state index in [2.05, 4.69) is 0 Å². The minimum Gasteiger partial charge on any atom is -0.412 e. The van der Waals surface area contributed by atoms with Crippen molar-refractivity contribution in [3.63, 3.8) is 0 Å². The average molecular weight is 374 g/mol. The van der Waals surface area contributed by atoms with E-state index in [0.717, 1.165) is 0 Å². The van der Waals surface area contributed by atoms with E-state index in [0.29, 0.717) is 0 Å². The van der Waals surface area contributed by atoms with Gasteiger partial charge in [0.25, 0.3) is 0 Å². The van der Waals surface area contributed by atoms with Crippen LogP contribution in [0.3, 0.4) is 0 Å². The summed E-state index contributed by atoms with van der Waals surface area (Å²) in [5, 5.41) is 0. The quantitative estimate of drug-likeness (QED) is 0.394. The standard InChI is InChI=1S/Co.Ni.4H2O.W/h;;4*1H2;. The van der Waals surface area contributed by atoms with Crippen LogP contribution < -0.4 is 0 Å². The van der Waals surface area contributed by atoms with Crippen molar-refractivity contribution < 1.29 is 76.2 Å². The van der Waals surface area contributed by atoms with Crippen LogP contribution in [0.4, 0.5) is 0 Å². The summed E-state index contributed by atoms with van der Waals surface area (Å²) in [6, 6.07) is 0. The van der Waals surface area contributed by atoms with Gasteiger partial charge in [-0.05, 0) is 0 Å². The smallest absolute Gasteiger partial charge is 0 e. The van der Waals surface area contributed by atoms with Gasteiger partial charge in [-0.25, -0.2) is 0 Å². The number of hydrogen-bond donors (Lipinski definition) is 0. The summed E-state index contributed by atoms with van der Waals surface area (Å²) in [6.07, 6.45) is 0. The van der Waals surface area contributed by atoms with Crippen molar-refractivity contribution in [1.29, 1.82) is 0 Å². The van der Waals surface area contributed by atoms with Crippen LogP contribution in [0, 0.1) is 0 Å². The third kappa shape index (κ3) is 98.5. The first-order chi connectivity index (χ1) is 0. The van der Waals surface area contributed by atoms with Crippen LogP contribution >= 0.6 is 0 Å². The van der Waals surface area contributed by atoms with Crippen molar-refractivity contribution in [1.82, 2.24) is 0 Å². The van der Waals surface area contributed by atoms with Crippen LogP contribution in [-0.2, 0) is 54.3 Å². The van der Waals surface area contributed by atoms with E-state index in [1.807, 2.05) is 0 Å². The Morgan fingerprint density at radius 3 is 0.571 bits per heavy atom. The van der Waals surface area contributed by atoms with Crippen LogP contribution in [-0.4, -0.2) is 21.9 Å². The minimum absolute atomic E-state index is 0. The molecule has 0 bridgehead atoms. The van der Waals surface area contributed by atoms with Gasteiger partial charge in [0.05, 0.1) is 0 Å². The molecule has 0 spiro atoms. The summed E-state index contributed by atoms with van der Waals surface area (Å²) < 4.78 is 0. The molecule has 0 unspecified atom stereocenters. The van der Waals surface area contributed by atoms with Crippen LogP contribution in [0.2, 0.25) is 0 Å². The third-order valence-corrected chi connectivity index (χ3v) is 0. The molecule has 0 amide bonds. The van der Waals surface area contributed by atoms with E-state index in [1.54, 1.807) is 0 Å². The molecule has 57 valence electrons. The van der Waals surface area contributed by atoms with Gasteiger partial charge in [-0.1, -0.05) is 0 Å². The summed E-state index contributed by atoms with van der Waals surface area (Å²) >= 11 is 0. The van der Waals surface area contributed by atoms with Crippen molar-refractivity contribution in [3.05, 3.63) is 0 Å². The summed E-state index contributed by atoms with van der Waals surface area (Å²) in [5.41, 5.74) is 0. The maximum atomic E-state index is 0. The molecule has 0 rings (SSSR count). The zero-order valence-corrected chi connectivity index (χ0v) is 8.02. The molecule has 8 N–H and O–H groups in total. The molecule has 1 radical (unpaired) electrons. The maximum Gasteiger partial charge on any atom is 0 e. The zero-order valence-electron chi connectivity index (χ0n) is 3.06. The second-order valence-corrected chi connectivity index (χ2v) is 0. The topological polar surface area (TPSA) is 126 Å². The summed E-state index contributed by atoms with van der Waals surface area (Å²) in [6.45, 7) is 0. The first-order valence-corrected chi connectivity index (χ1v) is 0. The largest absolute Gasteiger partial charge is 0.412 e. The fraction of sp³-hybridized carbons (Fsp3) is 0. The molecular formula is H8CoNiO4W. The number of hydrogen-bond acceptors (Lipinski definition) is 0. The molecule has 0 aromatic carbocycles. The Bertz CT molecular complexity index is 11.7. The van der Waals surface area contributed by atoms with E-state index in [9.17, 15) is 0 Å². The Labute approximate surface area is 76.0 Å². The van der Waals surface area contributed by atoms with Gasteiger partial charge >= 0.3 is 0 Å². The van der Waals surface area contributed by atoms with Crippen molar-refractivity contribution in [2.24, 2.45) is 0 Å². The van der Waals surface area contributed by atoms with Gasteiger partial charge < -0.3 is 21.9 Å². The van der Waals surface area contributed by atoms with Crippen molar-refractivity contribution in [3.8, 4) is 0 Å². The zero-order chi connectivity index (χ0) is 0. The third-order valence-electron chi connectivity index (χ3n) is 0. The van der Waals surface area contributed by atoms with E-state index in [4.69, 9.17) is 0 Å². The molecule has 0 aliphatic heterocycles. The maximum absolute atomic E-state index is 0. The fourth-order valence-corrected chi connectivity index (χ4v) is 0. The molecule has 0 aromatic heterocycles. The Balaban J connectivity index is 0. The van der Waals surface area contributed by atoms with Gasteiger partial charge in [-0.15, -0.1) is 0 Å². The van der Waals surface area contributed by atoms with Gasteiger partial charge in [0.2, 0.25) is 0 Å². The molecular weight excluding hydrogens is 365 g/mol. The normalized spacial score (nSPS) is 0. The van der Waals surface area contributed by atoms with Gasteiger partial charge in [0.1, 0.15) is 0 Å². The van der Waals surface area contributed by atoms with Gasteiger partial charge in [0, 0.05) is 54.3 Å². The van der Waals surface area contributed by atoms with Crippen LogP contribution in [0.1, 0.15) is 0 Å². The summed E-state index contributed by atoms with van der Waals surface area (Å²) in [5.74, 6) is 0. The monoisotopic (exact) mass is 373 g/mol. The molecule has 0 saturated heterocycles. The SMILES string of the molecule is O.O.O.O.[Co].[Ni].[W]. The Morgan fingerprint density at radius 2 is 0.571 bits per heavy atom. The molecule has 0 heterocycles. The molecule has 0 aromatic rings. The Hall–Kier alpha value is 1.53. The number of rotatable bonds is 0. The Kier molecular flexibility index (Phi) is 4060. The van der Waals surface area contributed by atoms with Crippen molar-refractivity contribution in [2.75, 3.05) is 0 Å². The average Bonchev–Trinajstić information content (AvgIpc) is 0.